The van der Waals surface area contributed by atoms with E-state index in [1.807, 2.05) is 0 Å². The molecule has 2 atom stereocenters. The van der Waals surface area contributed by atoms with Gasteiger partial charge in [-0.2, -0.15) is 8.42 Å². The van der Waals surface area contributed by atoms with Crippen LogP contribution >= 0.6 is 11.3 Å². The lowest BCUT2D eigenvalue weighted by molar-refractivity contribution is -0.161. The topological polar surface area (TPSA) is 202 Å². The molecule has 0 radical (unpaired) electrons. The molecule has 1 aromatic heterocycles. The van der Waals surface area contributed by atoms with Gasteiger partial charge >= 0.3 is 16.3 Å². The van der Waals surface area contributed by atoms with Crippen molar-refractivity contribution in [2.24, 2.45) is 5.16 Å². The molecule has 1 saturated heterocycles. The van der Waals surface area contributed by atoms with E-state index in [2.05, 4.69) is 15.5 Å². The van der Waals surface area contributed by atoms with Gasteiger partial charge in [-0.25, -0.2) is 14.1 Å². The number of rotatable bonds is 7. The van der Waals surface area contributed by atoms with Crippen molar-refractivity contribution in [3.8, 4) is 0 Å². The number of oxime groups is 1. The van der Waals surface area contributed by atoms with Gasteiger partial charge in [0.1, 0.15) is 11.7 Å². The smallest absolute Gasteiger partial charge is 0.362 e. The molecule has 1 aromatic rings. The zero-order valence-corrected chi connectivity index (χ0v) is 16.4. The fourth-order valence-corrected chi connectivity index (χ4v) is 3.54. The number of nitrogens with two attached hydrogens (primary N) is 1. The summed E-state index contributed by atoms with van der Waals surface area (Å²) >= 11 is 0.980. The summed E-state index contributed by atoms with van der Waals surface area (Å²) in [6, 6.07) is -2.31. The summed E-state index contributed by atoms with van der Waals surface area (Å²) in [7, 11) is -4.76. The number of aliphatic carboxylic acids is 1. The molecule has 0 aliphatic carbocycles. The minimum atomic E-state index is -4.76. The second-order valence-electron chi connectivity index (χ2n) is 6.22. The first-order chi connectivity index (χ1) is 12.8. The number of carbonyl (C=O) groups excluding carboxylic acids is 2. The maximum absolute atomic E-state index is 12.6. The molecule has 13 nitrogen and oxygen atoms in total. The summed E-state index contributed by atoms with van der Waals surface area (Å²) in [5, 5.41) is 16.3. The second kappa shape index (κ2) is 7.33. The molecule has 0 saturated carbocycles. The third kappa shape index (κ3) is 4.20. The van der Waals surface area contributed by atoms with Crippen LogP contribution in [-0.2, 0) is 29.5 Å². The fraction of sp³-hybridized carbons (Fsp3) is 0.462. The number of nitrogens with zero attached hydrogens (tertiary/aromatic N) is 3. The van der Waals surface area contributed by atoms with Gasteiger partial charge < -0.3 is 21.0 Å². The molecule has 28 heavy (non-hydrogen) atoms. The van der Waals surface area contributed by atoms with E-state index in [9.17, 15) is 22.8 Å². The summed E-state index contributed by atoms with van der Waals surface area (Å²) in [4.78, 5) is 44.4. The van der Waals surface area contributed by atoms with Crippen molar-refractivity contribution in [3.63, 3.8) is 0 Å². The van der Waals surface area contributed by atoms with Crippen LogP contribution in [0, 0.1) is 0 Å². The van der Waals surface area contributed by atoms with Crippen molar-refractivity contribution in [2.75, 3.05) is 5.73 Å². The Morgan fingerprint density at radius 1 is 1.46 bits per heavy atom. The third-order valence-electron chi connectivity index (χ3n) is 3.73. The molecular formula is C13H17N5O8S2. The number of hydrogen-bond donors (Lipinski definition) is 4. The molecule has 0 bridgehead atoms. The maximum atomic E-state index is 12.6. The predicted octanol–water partition coefficient (Wildman–Crippen LogP) is -1.17. The minimum Gasteiger partial charge on any atom is -0.478 e. The summed E-state index contributed by atoms with van der Waals surface area (Å²) in [5.41, 5.74) is 3.26. The van der Waals surface area contributed by atoms with Crippen LogP contribution in [0.5, 0.6) is 0 Å². The number of nitrogens with one attached hydrogen (secondary N) is 1. The molecule has 5 N–H and O–H groups in total. The normalized spacial score (nSPS) is 20.5. The molecule has 1 fully saturated rings. The van der Waals surface area contributed by atoms with E-state index in [0.29, 0.717) is 0 Å². The highest BCUT2D eigenvalue weighted by Crippen LogP contribution is 2.23. The van der Waals surface area contributed by atoms with Gasteiger partial charge in [-0.3, -0.25) is 14.1 Å². The average molecular weight is 435 g/mol. The molecule has 1 aliphatic heterocycles. The van der Waals surface area contributed by atoms with Crippen molar-refractivity contribution >= 4 is 50.3 Å². The molecule has 154 valence electrons. The minimum absolute atomic E-state index is 0.0350. The molecular weight excluding hydrogens is 418 g/mol. The van der Waals surface area contributed by atoms with Crippen LogP contribution in [0.1, 0.15) is 26.5 Å². The predicted molar refractivity (Wildman–Crippen MR) is 95.7 cm³/mol. The van der Waals surface area contributed by atoms with Gasteiger partial charge in [0.05, 0.1) is 6.04 Å². The quantitative estimate of drug-likeness (QED) is 0.175. The molecule has 2 amide bonds. The van der Waals surface area contributed by atoms with E-state index in [-0.39, 0.29) is 15.1 Å². The van der Waals surface area contributed by atoms with E-state index in [1.54, 1.807) is 0 Å². The number of carboxylic acid groups (broad SMARTS) is 1. The van der Waals surface area contributed by atoms with Gasteiger partial charge in [0.2, 0.25) is 5.60 Å². The Hall–Kier alpha value is -2.78. The van der Waals surface area contributed by atoms with Crippen LogP contribution in [0.4, 0.5) is 5.13 Å². The fourth-order valence-electron chi connectivity index (χ4n) is 2.11. The van der Waals surface area contributed by atoms with Crippen LogP contribution in [-0.4, -0.2) is 68.5 Å². The summed E-state index contributed by atoms with van der Waals surface area (Å²) in [5.74, 6) is -3.38. The van der Waals surface area contributed by atoms with Gasteiger partial charge in [-0.1, -0.05) is 5.16 Å². The van der Waals surface area contributed by atoms with E-state index >= 15 is 0 Å². The van der Waals surface area contributed by atoms with Crippen LogP contribution in [0.25, 0.3) is 0 Å². The van der Waals surface area contributed by atoms with Gasteiger partial charge in [-0.05, 0) is 20.8 Å². The summed E-state index contributed by atoms with van der Waals surface area (Å²) in [6.07, 6.45) is 0. The Labute approximate surface area is 163 Å². The molecule has 2 rings (SSSR count). The van der Waals surface area contributed by atoms with Gasteiger partial charge in [-0.15, -0.1) is 11.3 Å². The Morgan fingerprint density at radius 2 is 2.07 bits per heavy atom. The molecule has 15 heteroatoms. The summed E-state index contributed by atoms with van der Waals surface area (Å²) in [6.45, 7) is 3.69. The van der Waals surface area contributed by atoms with E-state index in [1.165, 1.54) is 26.2 Å². The summed E-state index contributed by atoms with van der Waals surface area (Å²) < 4.78 is 31.4. The number of β-lactam (4-membered cyclic amide) rings is 1. The van der Waals surface area contributed by atoms with Crippen molar-refractivity contribution in [2.45, 2.75) is 38.5 Å². The van der Waals surface area contributed by atoms with E-state index in [0.717, 1.165) is 11.3 Å². The number of aromatic nitrogens is 1. The lowest BCUT2D eigenvalue weighted by atomic mass is 10.0. The monoisotopic (exact) mass is 435 g/mol. The number of thiazole rings is 1. The molecule has 2 heterocycles. The standard InChI is InChI=1S/C13H17N5O8S2/c1-5-7(10(20)18(5)28(23,24)25)16-9(19)8(6-4-27-12(14)15-6)17-26-13(2,3)11(21)22/h4-5,7H,1-3H3,(H2,14,15)(H,16,19)(H,21,22)(H,23,24,25)/b17-8-/t5-,7?/m0/s1. The van der Waals surface area contributed by atoms with Crippen LogP contribution in [0.2, 0.25) is 0 Å². The van der Waals surface area contributed by atoms with Gasteiger partial charge in [0, 0.05) is 5.38 Å². The lowest BCUT2D eigenvalue weighted by Gasteiger charge is -2.42. The number of anilines is 1. The number of carbonyl (C=O) groups is 3. The number of nitrogen functional groups attached to an aromatic ring is 1. The van der Waals surface area contributed by atoms with Crippen LogP contribution in [0.3, 0.4) is 0 Å². The zero-order chi connectivity index (χ0) is 21.4. The number of hydrogen-bond acceptors (Lipinski definition) is 10. The first kappa shape index (κ1) is 21.5. The number of amides is 2. The SMILES string of the molecule is C[C@H]1C(NC(=O)/C(=N\OC(C)(C)C(=O)O)c2csc(N)n2)C(=O)N1S(=O)(=O)O. The van der Waals surface area contributed by atoms with Crippen molar-refractivity contribution in [1.29, 1.82) is 0 Å². The van der Waals surface area contributed by atoms with E-state index < -0.39 is 51.5 Å². The number of carboxylic acids is 1. The van der Waals surface area contributed by atoms with Gasteiger partial charge in [0.25, 0.3) is 11.8 Å². The largest absolute Gasteiger partial charge is 0.478 e. The Kier molecular flexibility index (Phi) is 5.63. The molecule has 1 aliphatic rings. The first-order valence-corrected chi connectivity index (χ1v) is 9.86. The maximum Gasteiger partial charge on any atom is 0.362 e. The van der Waals surface area contributed by atoms with E-state index in [4.69, 9.17) is 20.2 Å². The van der Waals surface area contributed by atoms with Crippen LogP contribution in [0.15, 0.2) is 10.5 Å². The Bertz CT molecular complexity index is 954. The Morgan fingerprint density at radius 3 is 2.50 bits per heavy atom. The second-order valence-corrected chi connectivity index (χ2v) is 8.40. The molecule has 1 unspecified atom stereocenters. The molecule has 0 aromatic carbocycles. The highest BCUT2D eigenvalue weighted by Gasteiger charge is 2.51. The Balaban J connectivity index is 2.26. The average Bonchev–Trinajstić information content (AvgIpc) is 2.97. The zero-order valence-electron chi connectivity index (χ0n) is 14.8. The van der Waals surface area contributed by atoms with Gasteiger partial charge in [0.15, 0.2) is 10.8 Å². The first-order valence-electron chi connectivity index (χ1n) is 7.58. The third-order valence-corrected chi connectivity index (χ3v) is 5.41. The highest BCUT2D eigenvalue weighted by atomic mass is 32.2. The highest BCUT2D eigenvalue weighted by molar-refractivity contribution is 7.84. The van der Waals surface area contributed by atoms with Crippen LogP contribution < -0.4 is 11.1 Å². The van der Waals surface area contributed by atoms with Crippen molar-refractivity contribution in [3.05, 3.63) is 11.1 Å². The van der Waals surface area contributed by atoms with Crippen molar-refractivity contribution < 1.29 is 37.3 Å². The lowest BCUT2D eigenvalue weighted by Crippen LogP contribution is -2.71. The van der Waals surface area contributed by atoms with Crippen molar-refractivity contribution in [1.82, 2.24) is 14.6 Å². The molecule has 0 spiro atoms.